The molecule has 0 saturated carbocycles. The fourth-order valence-corrected chi connectivity index (χ4v) is 2.05. The zero-order chi connectivity index (χ0) is 12.3. The summed E-state index contributed by atoms with van der Waals surface area (Å²) < 4.78 is 0. The Morgan fingerprint density at radius 3 is 2.00 bits per heavy atom. The number of anilines is 1. The number of nitrogen functional groups attached to an aromatic ring is 1. The number of aliphatic hydroxyl groups is 1. The van der Waals surface area contributed by atoms with Gasteiger partial charge in [-0.15, -0.1) is 0 Å². The Kier molecular flexibility index (Phi) is 3.16. The van der Waals surface area contributed by atoms with Gasteiger partial charge in [-0.2, -0.15) is 0 Å². The van der Waals surface area contributed by atoms with Gasteiger partial charge >= 0.3 is 0 Å². The number of hydrogen-bond donors (Lipinski definition) is 2. The van der Waals surface area contributed by atoms with E-state index < -0.39 is 5.60 Å². The fourth-order valence-electron chi connectivity index (χ4n) is 2.05. The van der Waals surface area contributed by atoms with Crippen molar-refractivity contribution in [2.24, 2.45) is 0 Å². The van der Waals surface area contributed by atoms with Crippen LogP contribution in [0.2, 0.25) is 0 Å². The standard InChI is InChI=1S/C15H17NO/c1-2-15(17,12-6-4-3-5-7-12)13-8-10-14(16)11-9-13/h3-11,17H,2,16H2,1H3. The molecule has 2 heteroatoms. The summed E-state index contributed by atoms with van der Waals surface area (Å²) in [5.74, 6) is 0. The van der Waals surface area contributed by atoms with Gasteiger partial charge in [0.2, 0.25) is 0 Å². The van der Waals surface area contributed by atoms with Gasteiger partial charge in [0.1, 0.15) is 5.60 Å². The van der Waals surface area contributed by atoms with E-state index in [0.717, 1.165) is 11.1 Å². The Morgan fingerprint density at radius 2 is 1.47 bits per heavy atom. The third kappa shape index (κ3) is 2.17. The lowest BCUT2D eigenvalue weighted by molar-refractivity contribution is 0.0765. The molecule has 0 saturated heterocycles. The Hall–Kier alpha value is -1.80. The van der Waals surface area contributed by atoms with E-state index in [4.69, 9.17) is 5.73 Å². The molecular formula is C15H17NO. The van der Waals surface area contributed by atoms with Crippen LogP contribution in [0, 0.1) is 0 Å². The minimum absolute atomic E-state index is 0.626. The second kappa shape index (κ2) is 4.60. The Labute approximate surface area is 102 Å². The average molecular weight is 227 g/mol. The molecule has 0 fully saturated rings. The predicted molar refractivity (Wildman–Crippen MR) is 70.6 cm³/mol. The van der Waals surface area contributed by atoms with Gasteiger partial charge in [-0.25, -0.2) is 0 Å². The molecule has 2 aromatic carbocycles. The van der Waals surface area contributed by atoms with Crippen molar-refractivity contribution in [3.05, 3.63) is 65.7 Å². The highest BCUT2D eigenvalue weighted by Crippen LogP contribution is 2.32. The van der Waals surface area contributed by atoms with Gasteiger partial charge < -0.3 is 10.8 Å². The van der Waals surface area contributed by atoms with Crippen LogP contribution in [0.1, 0.15) is 24.5 Å². The summed E-state index contributed by atoms with van der Waals surface area (Å²) in [7, 11) is 0. The van der Waals surface area contributed by atoms with Crippen molar-refractivity contribution in [3.63, 3.8) is 0 Å². The van der Waals surface area contributed by atoms with Crippen LogP contribution in [0.5, 0.6) is 0 Å². The molecule has 2 rings (SSSR count). The number of rotatable bonds is 3. The first-order chi connectivity index (χ1) is 8.16. The van der Waals surface area contributed by atoms with Gasteiger partial charge in [-0.1, -0.05) is 49.4 Å². The van der Waals surface area contributed by atoms with Crippen LogP contribution in [0.15, 0.2) is 54.6 Å². The molecule has 0 aliphatic carbocycles. The maximum atomic E-state index is 10.8. The molecule has 1 atom stereocenters. The quantitative estimate of drug-likeness (QED) is 0.792. The van der Waals surface area contributed by atoms with Crippen molar-refractivity contribution in [2.45, 2.75) is 18.9 Å². The molecule has 0 amide bonds. The molecule has 1 unspecified atom stereocenters. The first-order valence-electron chi connectivity index (χ1n) is 5.80. The monoisotopic (exact) mass is 227 g/mol. The molecular weight excluding hydrogens is 210 g/mol. The molecule has 17 heavy (non-hydrogen) atoms. The van der Waals surface area contributed by atoms with Crippen LogP contribution in [0.3, 0.4) is 0 Å². The summed E-state index contributed by atoms with van der Waals surface area (Å²) in [4.78, 5) is 0. The lowest BCUT2D eigenvalue weighted by Crippen LogP contribution is -2.26. The molecule has 88 valence electrons. The molecule has 0 bridgehead atoms. The minimum atomic E-state index is -0.936. The lowest BCUT2D eigenvalue weighted by Gasteiger charge is -2.28. The van der Waals surface area contributed by atoms with Crippen molar-refractivity contribution in [3.8, 4) is 0 Å². The highest BCUT2D eigenvalue weighted by Gasteiger charge is 2.28. The second-order valence-corrected chi connectivity index (χ2v) is 4.20. The molecule has 0 spiro atoms. The zero-order valence-electron chi connectivity index (χ0n) is 9.93. The molecule has 0 aromatic heterocycles. The summed E-state index contributed by atoms with van der Waals surface area (Å²) in [5.41, 5.74) is 7.23. The molecule has 0 aliphatic heterocycles. The Balaban J connectivity index is 2.48. The molecule has 0 radical (unpaired) electrons. The lowest BCUT2D eigenvalue weighted by atomic mass is 9.84. The smallest absolute Gasteiger partial charge is 0.114 e. The maximum Gasteiger partial charge on any atom is 0.114 e. The van der Waals surface area contributed by atoms with Crippen LogP contribution >= 0.6 is 0 Å². The molecule has 0 aliphatic rings. The van der Waals surface area contributed by atoms with E-state index in [1.54, 1.807) is 0 Å². The van der Waals surface area contributed by atoms with E-state index in [9.17, 15) is 5.11 Å². The van der Waals surface area contributed by atoms with Crippen LogP contribution in [-0.2, 0) is 5.60 Å². The minimum Gasteiger partial charge on any atom is -0.399 e. The number of benzene rings is 2. The van der Waals surface area contributed by atoms with Gasteiger partial charge in [0.05, 0.1) is 0 Å². The molecule has 3 N–H and O–H groups in total. The Morgan fingerprint density at radius 1 is 0.941 bits per heavy atom. The topological polar surface area (TPSA) is 46.2 Å². The zero-order valence-corrected chi connectivity index (χ0v) is 9.93. The van der Waals surface area contributed by atoms with E-state index >= 15 is 0 Å². The van der Waals surface area contributed by atoms with Crippen molar-refractivity contribution in [1.29, 1.82) is 0 Å². The van der Waals surface area contributed by atoms with Gasteiger partial charge in [0, 0.05) is 5.69 Å². The normalized spacial score (nSPS) is 14.2. The van der Waals surface area contributed by atoms with Crippen LogP contribution < -0.4 is 5.73 Å². The second-order valence-electron chi connectivity index (χ2n) is 4.20. The van der Waals surface area contributed by atoms with Gasteiger partial charge in [0.25, 0.3) is 0 Å². The molecule has 2 aromatic rings. The maximum absolute atomic E-state index is 10.8. The third-order valence-electron chi connectivity index (χ3n) is 3.15. The van der Waals surface area contributed by atoms with E-state index in [-0.39, 0.29) is 0 Å². The number of hydrogen-bond acceptors (Lipinski definition) is 2. The van der Waals surface area contributed by atoms with E-state index in [2.05, 4.69) is 0 Å². The summed E-state index contributed by atoms with van der Waals surface area (Å²) in [6.45, 7) is 1.98. The molecule has 0 heterocycles. The van der Waals surface area contributed by atoms with Gasteiger partial charge in [0.15, 0.2) is 0 Å². The van der Waals surface area contributed by atoms with Crippen molar-refractivity contribution >= 4 is 5.69 Å². The highest BCUT2D eigenvalue weighted by molar-refractivity contribution is 5.44. The SMILES string of the molecule is CCC(O)(c1ccccc1)c1ccc(N)cc1. The largest absolute Gasteiger partial charge is 0.399 e. The van der Waals surface area contributed by atoms with Gasteiger partial charge in [-0.05, 0) is 29.7 Å². The third-order valence-corrected chi connectivity index (χ3v) is 3.15. The van der Waals surface area contributed by atoms with E-state index in [1.165, 1.54) is 0 Å². The van der Waals surface area contributed by atoms with Gasteiger partial charge in [-0.3, -0.25) is 0 Å². The Bertz CT molecular complexity index is 478. The summed E-state index contributed by atoms with van der Waals surface area (Å²) in [6.07, 6.45) is 0.626. The van der Waals surface area contributed by atoms with Crippen molar-refractivity contribution in [1.82, 2.24) is 0 Å². The van der Waals surface area contributed by atoms with E-state index in [1.807, 2.05) is 61.5 Å². The first kappa shape index (κ1) is 11.7. The highest BCUT2D eigenvalue weighted by atomic mass is 16.3. The molecule has 2 nitrogen and oxygen atoms in total. The van der Waals surface area contributed by atoms with Crippen LogP contribution in [0.25, 0.3) is 0 Å². The average Bonchev–Trinajstić information content (AvgIpc) is 2.40. The summed E-state index contributed by atoms with van der Waals surface area (Å²) in [5, 5.41) is 10.8. The first-order valence-corrected chi connectivity index (χ1v) is 5.80. The van der Waals surface area contributed by atoms with Crippen molar-refractivity contribution in [2.75, 3.05) is 5.73 Å². The summed E-state index contributed by atoms with van der Waals surface area (Å²) >= 11 is 0. The van der Waals surface area contributed by atoms with E-state index in [0.29, 0.717) is 12.1 Å². The van der Waals surface area contributed by atoms with Crippen molar-refractivity contribution < 1.29 is 5.11 Å². The van der Waals surface area contributed by atoms with Crippen LogP contribution in [-0.4, -0.2) is 5.11 Å². The number of nitrogens with two attached hydrogens (primary N) is 1. The summed E-state index contributed by atoms with van der Waals surface area (Å²) in [6, 6.07) is 17.1. The van der Waals surface area contributed by atoms with Crippen LogP contribution in [0.4, 0.5) is 5.69 Å². The fraction of sp³-hybridized carbons (Fsp3) is 0.200. The predicted octanol–water partition coefficient (Wildman–Crippen LogP) is 2.91.